The fourth-order valence-electron chi connectivity index (χ4n) is 1.79. The van der Waals surface area contributed by atoms with E-state index < -0.39 is 0 Å². The average molecular weight is 369 g/mol. The Balaban J connectivity index is 2.37. The van der Waals surface area contributed by atoms with Gasteiger partial charge in [0.05, 0.1) is 0 Å². The van der Waals surface area contributed by atoms with E-state index in [4.69, 9.17) is 5.73 Å². The molecule has 0 radical (unpaired) electrons. The standard InChI is InChI=1S/C15H16INS/c1-3-11-6-4-5-7-14(11)18-15-9-12(16)10(2)8-13(15)17/h4-9H,3,17H2,1-2H3. The van der Waals surface area contributed by atoms with Crippen molar-refractivity contribution in [3.63, 3.8) is 0 Å². The number of nitrogen functional groups attached to an aromatic ring is 1. The summed E-state index contributed by atoms with van der Waals surface area (Å²) in [4.78, 5) is 2.44. The third kappa shape index (κ3) is 3.01. The van der Waals surface area contributed by atoms with Gasteiger partial charge in [0, 0.05) is 19.0 Å². The lowest BCUT2D eigenvalue weighted by Gasteiger charge is -2.11. The van der Waals surface area contributed by atoms with Gasteiger partial charge >= 0.3 is 0 Å². The maximum Gasteiger partial charge on any atom is 0.0459 e. The van der Waals surface area contributed by atoms with E-state index in [0.29, 0.717) is 0 Å². The minimum Gasteiger partial charge on any atom is -0.398 e. The molecule has 1 nitrogen and oxygen atoms in total. The fraction of sp³-hybridized carbons (Fsp3) is 0.200. The van der Waals surface area contributed by atoms with Gasteiger partial charge in [0.1, 0.15) is 0 Å². The Morgan fingerprint density at radius 3 is 2.61 bits per heavy atom. The quantitative estimate of drug-likeness (QED) is 0.616. The highest BCUT2D eigenvalue weighted by Gasteiger charge is 2.07. The van der Waals surface area contributed by atoms with Crippen LogP contribution in [0.3, 0.4) is 0 Å². The van der Waals surface area contributed by atoms with Crippen LogP contribution in [0.15, 0.2) is 46.2 Å². The van der Waals surface area contributed by atoms with Crippen molar-refractivity contribution in [2.24, 2.45) is 0 Å². The first-order valence-corrected chi connectivity index (χ1v) is 7.82. The fourth-order valence-corrected chi connectivity index (χ4v) is 3.55. The van der Waals surface area contributed by atoms with Crippen molar-refractivity contribution in [3.05, 3.63) is 51.1 Å². The summed E-state index contributed by atoms with van der Waals surface area (Å²) in [7, 11) is 0. The first-order chi connectivity index (χ1) is 8.61. The topological polar surface area (TPSA) is 26.0 Å². The predicted molar refractivity (Wildman–Crippen MR) is 88.3 cm³/mol. The zero-order chi connectivity index (χ0) is 13.1. The van der Waals surface area contributed by atoms with Crippen molar-refractivity contribution in [1.82, 2.24) is 0 Å². The minimum absolute atomic E-state index is 0.865. The highest BCUT2D eigenvalue weighted by atomic mass is 127. The van der Waals surface area contributed by atoms with Crippen LogP contribution in [0.2, 0.25) is 0 Å². The molecule has 2 aromatic carbocycles. The van der Waals surface area contributed by atoms with Gasteiger partial charge in [-0.1, -0.05) is 36.9 Å². The van der Waals surface area contributed by atoms with E-state index in [1.54, 1.807) is 11.8 Å². The summed E-state index contributed by atoms with van der Waals surface area (Å²) in [6.07, 6.45) is 1.05. The Hall–Kier alpha value is -0.680. The first-order valence-electron chi connectivity index (χ1n) is 5.93. The summed E-state index contributed by atoms with van der Waals surface area (Å²) in [6, 6.07) is 12.7. The van der Waals surface area contributed by atoms with E-state index in [-0.39, 0.29) is 0 Å². The van der Waals surface area contributed by atoms with Crippen LogP contribution in [0.5, 0.6) is 0 Å². The van der Waals surface area contributed by atoms with E-state index in [2.05, 4.69) is 72.8 Å². The zero-order valence-electron chi connectivity index (χ0n) is 10.5. The van der Waals surface area contributed by atoms with Gasteiger partial charge in [-0.3, -0.25) is 0 Å². The molecule has 18 heavy (non-hydrogen) atoms. The van der Waals surface area contributed by atoms with Gasteiger partial charge in [0.15, 0.2) is 0 Å². The number of hydrogen-bond donors (Lipinski definition) is 1. The number of aryl methyl sites for hydroxylation is 2. The Morgan fingerprint density at radius 1 is 1.17 bits per heavy atom. The molecule has 0 aliphatic rings. The second kappa shape index (κ2) is 5.97. The van der Waals surface area contributed by atoms with Crippen LogP contribution in [0.25, 0.3) is 0 Å². The number of nitrogens with two attached hydrogens (primary N) is 1. The molecule has 3 heteroatoms. The Labute approximate surface area is 126 Å². The summed E-state index contributed by atoms with van der Waals surface area (Å²) in [5.74, 6) is 0. The van der Waals surface area contributed by atoms with E-state index in [1.807, 2.05) is 0 Å². The molecule has 0 unspecified atom stereocenters. The molecule has 0 saturated carbocycles. The molecule has 0 spiro atoms. The summed E-state index contributed by atoms with van der Waals surface area (Å²) < 4.78 is 1.26. The number of benzene rings is 2. The molecule has 0 heterocycles. The number of rotatable bonds is 3. The van der Waals surface area contributed by atoms with Gasteiger partial charge in [-0.05, 0) is 65.3 Å². The number of hydrogen-bond acceptors (Lipinski definition) is 2. The van der Waals surface area contributed by atoms with Gasteiger partial charge < -0.3 is 5.73 Å². The van der Waals surface area contributed by atoms with Crippen LogP contribution in [-0.2, 0) is 6.42 Å². The smallest absolute Gasteiger partial charge is 0.0459 e. The molecule has 94 valence electrons. The summed E-state index contributed by atoms with van der Waals surface area (Å²) in [5.41, 5.74) is 9.58. The molecule has 0 saturated heterocycles. The molecule has 2 N–H and O–H groups in total. The van der Waals surface area contributed by atoms with Gasteiger partial charge in [0.25, 0.3) is 0 Å². The lowest BCUT2D eigenvalue weighted by atomic mass is 10.2. The van der Waals surface area contributed by atoms with Crippen molar-refractivity contribution in [1.29, 1.82) is 0 Å². The van der Waals surface area contributed by atoms with Crippen LogP contribution in [0.4, 0.5) is 5.69 Å². The third-order valence-corrected chi connectivity index (χ3v) is 5.22. The van der Waals surface area contributed by atoms with Crippen LogP contribution < -0.4 is 5.73 Å². The minimum atomic E-state index is 0.865. The zero-order valence-corrected chi connectivity index (χ0v) is 13.5. The van der Waals surface area contributed by atoms with Crippen molar-refractivity contribution < 1.29 is 0 Å². The van der Waals surface area contributed by atoms with E-state index in [1.165, 1.54) is 19.6 Å². The molecule has 2 rings (SSSR count). The third-order valence-electron chi connectivity index (χ3n) is 2.86. The predicted octanol–water partition coefficient (Wildman–Crippen LogP) is 4.90. The van der Waals surface area contributed by atoms with Crippen LogP contribution in [0.1, 0.15) is 18.1 Å². The molecule has 0 amide bonds. The normalized spacial score (nSPS) is 10.6. The maximum absolute atomic E-state index is 6.11. The van der Waals surface area contributed by atoms with Crippen molar-refractivity contribution in [2.45, 2.75) is 30.1 Å². The van der Waals surface area contributed by atoms with Crippen LogP contribution in [0, 0.1) is 10.5 Å². The molecule has 2 aromatic rings. The highest BCUT2D eigenvalue weighted by molar-refractivity contribution is 14.1. The molecule has 0 fully saturated rings. The first kappa shape index (κ1) is 13.7. The summed E-state index contributed by atoms with van der Waals surface area (Å²) in [5, 5.41) is 0. The Bertz CT molecular complexity index is 566. The van der Waals surface area contributed by atoms with Crippen molar-refractivity contribution in [2.75, 3.05) is 5.73 Å². The van der Waals surface area contributed by atoms with Gasteiger partial charge in [-0.2, -0.15) is 0 Å². The molecule has 0 atom stereocenters. The van der Waals surface area contributed by atoms with Crippen LogP contribution in [-0.4, -0.2) is 0 Å². The van der Waals surface area contributed by atoms with Crippen molar-refractivity contribution in [3.8, 4) is 0 Å². The SMILES string of the molecule is CCc1ccccc1Sc1cc(I)c(C)cc1N. The second-order valence-electron chi connectivity index (χ2n) is 4.20. The average Bonchev–Trinajstić information content (AvgIpc) is 2.36. The summed E-state index contributed by atoms with van der Waals surface area (Å²) >= 11 is 4.12. The molecule has 0 bridgehead atoms. The van der Waals surface area contributed by atoms with Gasteiger partial charge in [0.2, 0.25) is 0 Å². The number of anilines is 1. The molecular weight excluding hydrogens is 353 g/mol. The Morgan fingerprint density at radius 2 is 1.89 bits per heavy atom. The largest absolute Gasteiger partial charge is 0.398 e. The van der Waals surface area contributed by atoms with Gasteiger partial charge in [-0.15, -0.1) is 0 Å². The lowest BCUT2D eigenvalue weighted by Crippen LogP contribution is -1.93. The van der Waals surface area contributed by atoms with Crippen LogP contribution >= 0.6 is 34.4 Å². The number of halogens is 1. The molecule has 0 aliphatic heterocycles. The van der Waals surface area contributed by atoms with Crippen molar-refractivity contribution >= 4 is 40.0 Å². The second-order valence-corrected chi connectivity index (χ2v) is 6.45. The molecule has 0 aromatic heterocycles. The maximum atomic E-state index is 6.11. The molecular formula is C15H16INS. The van der Waals surface area contributed by atoms with E-state index >= 15 is 0 Å². The highest BCUT2D eigenvalue weighted by Crippen LogP contribution is 2.36. The monoisotopic (exact) mass is 369 g/mol. The van der Waals surface area contributed by atoms with E-state index in [9.17, 15) is 0 Å². The summed E-state index contributed by atoms with van der Waals surface area (Å²) in [6.45, 7) is 4.27. The van der Waals surface area contributed by atoms with Gasteiger partial charge in [-0.25, -0.2) is 0 Å². The molecule has 0 aliphatic carbocycles. The lowest BCUT2D eigenvalue weighted by molar-refractivity contribution is 1.08. The van der Waals surface area contributed by atoms with E-state index in [0.717, 1.165) is 17.0 Å². The Kier molecular flexibility index (Phi) is 4.56.